The third kappa shape index (κ3) is 6.01. The molecule has 1 aromatic carbocycles. The van der Waals surface area contributed by atoms with Crippen molar-refractivity contribution in [2.45, 2.75) is 25.3 Å². The number of carbonyl (C=O) groups excluding carboxylic acids is 3. The first-order chi connectivity index (χ1) is 11.4. The van der Waals surface area contributed by atoms with Gasteiger partial charge in [0.05, 0.1) is 4.92 Å². The average molecular weight is 338 g/mol. The molecule has 1 atom stereocenters. The van der Waals surface area contributed by atoms with E-state index in [1.165, 1.54) is 36.8 Å². The maximum Gasteiger partial charge on any atom is 0.269 e. The third-order valence-corrected chi connectivity index (χ3v) is 3.19. The van der Waals surface area contributed by atoms with Crippen molar-refractivity contribution in [3.05, 3.63) is 39.9 Å². The first kappa shape index (κ1) is 19.0. The number of hydrogen-bond donors (Lipinski definition) is 4. The van der Waals surface area contributed by atoms with Crippen LogP contribution in [-0.2, 0) is 20.8 Å². The van der Waals surface area contributed by atoms with Gasteiger partial charge in [0.2, 0.25) is 17.7 Å². The molecule has 0 heterocycles. The first-order valence-corrected chi connectivity index (χ1v) is 7.04. The Hall–Kier alpha value is -3.01. The SMILES string of the molecule is CNC(=O)[C@H](Cc1ccc([N+](=O)[O-])cc1)NC(=O)CCC(=O)NO. The van der Waals surface area contributed by atoms with Crippen molar-refractivity contribution in [2.24, 2.45) is 0 Å². The van der Waals surface area contributed by atoms with Crippen LogP contribution in [0.15, 0.2) is 24.3 Å². The molecule has 0 unspecified atom stereocenters. The van der Waals surface area contributed by atoms with E-state index in [0.29, 0.717) is 5.56 Å². The lowest BCUT2D eigenvalue weighted by molar-refractivity contribution is -0.384. The van der Waals surface area contributed by atoms with Gasteiger partial charge in [0.15, 0.2) is 0 Å². The highest BCUT2D eigenvalue weighted by molar-refractivity contribution is 5.89. The number of nitrogens with one attached hydrogen (secondary N) is 3. The van der Waals surface area contributed by atoms with Gasteiger partial charge in [0.1, 0.15) is 6.04 Å². The zero-order valence-corrected chi connectivity index (χ0v) is 12.9. The summed E-state index contributed by atoms with van der Waals surface area (Å²) in [6, 6.07) is 4.73. The van der Waals surface area contributed by atoms with Gasteiger partial charge in [-0.05, 0) is 5.56 Å². The number of hydrogen-bond acceptors (Lipinski definition) is 6. The minimum Gasteiger partial charge on any atom is -0.357 e. The number of nitrogens with zero attached hydrogens (tertiary/aromatic N) is 1. The van der Waals surface area contributed by atoms with E-state index in [4.69, 9.17) is 5.21 Å². The topological polar surface area (TPSA) is 151 Å². The molecule has 0 aliphatic rings. The van der Waals surface area contributed by atoms with Crippen molar-refractivity contribution in [1.82, 2.24) is 16.1 Å². The van der Waals surface area contributed by atoms with Gasteiger partial charge in [-0.1, -0.05) is 12.1 Å². The van der Waals surface area contributed by atoms with Gasteiger partial charge in [-0.25, -0.2) is 5.48 Å². The summed E-state index contributed by atoms with van der Waals surface area (Å²) >= 11 is 0. The second-order valence-corrected chi connectivity index (χ2v) is 4.90. The van der Waals surface area contributed by atoms with E-state index in [1.807, 2.05) is 0 Å². The fourth-order valence-corrected chi connectivity index (χ4v) is 1.92. The first-order valence-electron chi connectivity index (χ1n) is 7.04. The maximum absolute atomic E-state index is 11.9. The molecule has 10 nitrogen and oxygen atoms in total. The molecule has 0 aliphatic heterocycles. The Morgan fingerprint density at radius 3 is 2.25 bits per heavy atom. The standard InChI is InChI=1S/C14H18N4O6/c1-15-14(21)11(16-12(19)6-7-13(20)17-22)8-9-2-4-10(5-3-9)18(23)24/h2-5,11,22H,6-8H2,1H3,(H,15,21)(H,16,19)(H,17,20)/t11-/m0/s1. The Morgan fingerprint density at radius 1 is 1.17 bits per heavy atom. The zero-order valence-electron chi connectivity index (χ0n) is 12.9. The number of carbonyl (C=O) groups is 3. The maximum atomic E-state index is 11.9. The highest BCUT2D eigenvalue weighted by atomic mass is 16.6. The molecule has 1 rings (SSSR count). The van der Waals surface area contributed by atoms with Crippen LogP contribution in [0.1, 0.15) is 18.4 Å². The molecule has 0 aromatic heterocycles. The minimum absolute atomic E-state index is 0.0747. The minimum atomic E-state index is -0.888. The Morgan fingerprint density at radius 2 is 1.75 bits per heavy atom. The molecular weight excluding hydrogens is 320 g/mol. The largest absolute Gasteiger partial charge is 0.357 e. The fourth-order valence-electron chi connectivity index (χ4n) is 1.92. The van der Waals surface area contributed by atoms with Crippen LogP contribution in [0.2, 0.25) is 0 Å². The predicted octanol–water partition coefficient (Wildman–Crippen LogP) is -0.346. The van der Waals surface area contributed by atoms with Crippen LogP contribution >= 0.6 is 0 Å². The zero-order chi connectivity index (χ0) is 18.1. The summed E-state index contributed by atoms with van der Waals surface area (Å²) < 4.78 is 0. The summed E-state index contributed by atoms with van der Waals surface area (Å²) in [7, 11) is 1.41. The summed E-state index contributed by atoms with van der Waals surface area (Å²) in [6.45, 7) is 0. The van der Waals surface area contributed by atoms with Crippen LogP contribution in [0.5, 0.6) is 0 Å². The predicted molar refractivity (Wildman–Crippen MR) is 82.0 cm³/mol. The third-order valence-electron chi connectivity index (χ3n) is 3.19. The molecule has 0 spiro atoms. The number of amides is 3. The van der Waals surface area contributed by atoms with Crippen LogP contribution < -0.4 is 16.1 Å². The van der Waals surface area contributed by atoms with Crippen LogP contribution in [0.3, 0.4) is 0 Å². The molecule has 24 heavy (non-hydrogen) atoms. The van der Waals surface area contributed by atoms with Crippen LogP contribution in [0.25, 0.3) is 0 Å². The summed E-state index contributed by atoms with van der Waals surface area (Å²) in [5, 5.41) is 23.9. The molecule has 1 aromatic rings. The summed E-state index contributed by atoms with van der Waals surface area (Å²) in [6.07, 6.45) is -0.282. The monoisotopic (exact) mass is 338 g/mol. The highest BCUT2D eigenvalue weighted by Gasteiger charge is 2.21. The molecule has 130 valence electrons. The van der Waals surface area contributed by atoms with E-state index in [9.17, 15) is 24.5 Å². The molecular formula is C14H18N4O6. The Labute approximate surface area is 137 Å². The molecule has 0 saturated carbocycles. The van der Waals surface area contributed by atoms with E-state index < -0.39 is 28.7 Å². The van der Waals surface area contributed by atoms with Crippen molar-refractivity contribution in [3.63, 3.8) is 0 Å². The van der Waals surface area contributed by atoms with Crippen LogP contribution in [0.4, 0.5) is 5.69 Å². The average Bonchev–Trinajstić information content (AvgIpc) is 2.58. The van der Waals surface area contributed by atoms with Crippen molar-refractivity contribution < 1.29 is 24.5 Å². The number of likely N-dealkylation sites (N-methyl/N-ethyl adjacent to an activating group) is 1. The van der Waals surface area contributed by atoms with Gasteiger partial charge in [-0.3, -0.25) is 29.7 Å². The normalized spacial score (nSPS) is 11.2. The second-order valence-electron chi connectivity index (χ2n) is 4.90. The highest BCUT2D eigenvalue weighted by Crippen LogP contribution is 2.13. The molecule has 0 fully saturated rings. The molecule has 0 radical (unpaired) electrons. The quantitative estimate of drug-likeness (QED) is 0.289. The lowest BCUT2D eigenvalue weighted by Crippen LogP contribution is -2.47. The number of nitro benzene ring substituents is 1. The summed E-state index contributed by atoms with van der Waals surface area (Å²) in [5.74, 6) is -1.68. The Balaban J connectivity index is 2.71. The number of hydroxylamine groups is 1. The molecule has 0 bridgehead atoms. The van der Waals surface area contributed by atoms with Crippen LogP contribution in [-0.4, -0.2) is 40.9 Å². The van der Waals surface area contributed by atoms with E-state index in [0.717, 1.165) is 0 Å². The van der Waals surface area contributed by atoms with Gasteiger partial charge in [0.25, 0.3) is 5.69 Å². The molecule has 3 amide bonds. The van der Waals surface area contributed by atoms with E-state index in [-0.39, 0.29) is 24.9 Å². The number of rotatable bonds is 8. The van der Waals surface area contributed by atoms with E-state index >= 15 is 0 Å². The van der Waals surface area contributed by atoms with Gasteiger partial charge >= 0.3 is 0 Å². The van der Waals surface area contributed by atoms with Gasteiger partial charge in [-0.15, -0.1) is 0 Å². The van der Waals surface area contributed by atoms with E-state index in [2.05, 4.69) is 10.6 Å². The summed E-state index contributed by atoms with van der Waals surface area (Å²) in [5.41, 5.74) is 1.96. The van der Waals surface area contributed by atoms with Crippen molar-refractivity contribution in [1.29, 1.82) is 0 Å². The number of non-ortho nitro benzene ring substituents is 1. The number of benzene rings is 1. The fraction of sp³-hybridized carbons (Fsp3) is 0.357. The van der Waals surface area contributed by atoms with E-state index in [1.54, 1.807) is 0 Å². The lowest BCUT2D eigenvalue weighted by atomic mass is 10.0. The smallest absolute Gasteiger partial charge is 0.269 e. The van der Waals surface area contributed by atoms with Gasteiger partial charge in [-0.2, -0.15) is 0 Å². The van der Waals surface area contributed by atoms with Crippen LogP contribution in [0, 0.1) is 10.1 Å². The van der Waals surface area contributed by atoms with Crippen molar-refractivity contribution in [2.75, 3.05) is 7.05 Å². The lowest BCUT2D eigenvalue weighted by Gasteiger charge is -2.17. The number of nitro groups is 1. The molecule has 0 saturated heterocycles. The van der Waals surface area contributed by atoms with Gasteiger partial charge < -0.3 is 10.6 Å². The molecule has 4 N–H and O–H groups in total. The molecule has 0 aliphatic carbocycles. The molecule has 10 heteroatoms. The summed E-state index contributed by atoms with van der Waals surface area (Å²) in [4.78, 5) is 44.6. The Bertz CT molecular complexity index is 616. The van der Waals surface area contributed by atoms with Crippen molar-refractivity contribution >= 4 is 23.4 Å². The van der Waals surface area contributed by atoms with Gasteiger partial charge in [0, 0.05) is 38.4 Å². The van der Waals surface area contributed by atoms with Crippen molar-refractivity contribution in [3.8, 4) is 0 Å². The second kappa shape index (κ2) is 9.20. The Kier molecular flexibility index (Phi) is 7.30.